The maximum absolute atomic E-state index is 12.8. The summed E-state index contributed by atoms with van der Waals surface area (Å²) in [7, 11) is 0. The van der Waals surface area contributed by atoms with Crippen LogP contribution in [0.25, 0.3) is 12.2 Å². The smallest absolute Gasteiger partial charge is 0.326 e. The summed E-state index contributed by atoms with van der Waals surface area (Å²) in [4.78, 5) is 29.6. The van der Waals surface area contributed by atoms with E-state index in [0.717, 1.165) is 11.1 Å². The maximum atomic E-state index is 12.8. The highest BCUT2D eigenvalue weighted by Crippen LogP contribution is 2.26. The highest BCUT2D eigenvalue weighted by molar-refractivity contribution is 5.89. The Bertz CT molecular complexity index is 860. The van der Waals surface area contributed by atoms with Crippen LogP contribution in [0.5, 0.6) is 5.75 Å². The Kier molecular flexibility index (Phi) is 5.78. The monoisotopic (exact) mass is 380 g/mol. The number of amides is 1. The lowest BCUT2D eigenvalue weighted by Crippen LogP contribution is -2.52. The van der Waals surface area contributed by atoms with Crippen LogP contribution in [0.2, 0.25) is 0 Å². The molecule has 1 N–H and O–H groups in total. The fourth-order valence-corrected chi connectivity index (χ4v) is 3.26. The number of carboxylic acid groups (broad SMARTS) is 1. The summed E-state index contributed by atoms with van der Waals surface area (Å²) in [6, 6.07) is 10.5. The molecule has 0 radical (unpaired) electrons. The second-order valence-corrected chi connectivity index (χ2v) is 7.29. The van der Waals surface area contributed by atoms with E-state index < -0.39 is 17.6 Å². The number of carbonyl (C=O) groups excluding carboxylic acids is 1. The standard InChI is InChI=1S/C22H24N2O4/c1-22(2,21(27)24-15-3-4-19(24)20(25)26)28-18-9-7-16(8-10-18)5-6-17-11-13-23-14-12-17/h5-14,19H,3-4,15H2,1-2H3,(H,25,26)/b6-5+. The number of nitrogens with zero attached hydrogens (tertiary/aromatic N) is 2. The Labute approximate surface area is 164 Å². The average Bonchev–Trinajstić information content (AvgIpc) is 3.17. The summed E-state index contributed by atoms with van der Waals surface area (Å²) in [6.07, 6.45) is 8.63. The maximum Gasteiger partial charge on any atom is 0.326 e. The molecule has 2 heterocycles. The van der Waals surface area contributed by atoms with E-state index in [1.807, 2.05) is 36.4 Å². The Morgan fingerprint density at radius 2 is 1.71 bits per heavy atom. The van der Waals surface area contributed by atoms with Crippen molar-refractivity contribution in [1.82, 2.24) is 9.88 Å². The lowest BCUT2D eigenvalue weighted by molar-refractivity contribution is -0.155. The van der Waals surface area contributed by atoms with Gasteiger partial charge in [0.15, 0.2) is 5.60 Å². The van der Waals surface area contributed by atoms with Crippen LogP contribution < -0.4 is 4.74 Å². The predicted octanol–water partition coefficient (Wildman–Crippen LogP) is 3.49. The molecule has 0 bridgehead atoms. The SMILES string of the molecule is CC(C)(Oc1ccc(/C=C/c2ccncc2)cc1)C(=O)N1CCCC1C(=O)O. The Morgan fingerprint density at radius 1 is 1.11 bits per heavy atom. The van der Waals surface area contributed by atoms with E-state index in [4.69, 9.17) is 4.74 Å². The van der Waals surface area contributed by atoms with Crippen molar-refractivity contribution in [3.05, 3.63) is 59.9 Å². The zero-order chi connectivity index (χ0) is 20.1. The van der Waals surface area contributed by atoms with Crippen LogP contribution in [-0.2, 0) is 9.59 Å². The minimum absolute atomic E-state index is 0.306. The quantitative estimate of drug-likeness (QED) is 0.830. The van der Waals surface area contributed by atoms with E-state index in [0.29, 0.717) is 25.1 Å². The van der Waals surface area contributed by atoms with Crippen molar-refractivity contribution in [3.63, 3.8) is 0 Å². The normalized spacial score (nSPS) is 17.1. The lowest BCUT2D eigenvalue weighted by Gasteiger charge is -2.32. The van der Waals surface area contributed by atoms with Crippen LogP contribution in [0.3, 0.4) is 0 Å². The van der Waals surface area contributed by atoms with Crippen molar-refractivity contribution in [3.8, 4) is 5.75 Å². The molecule has 0 aliphatic carbocycles. The number of hydrogen-bond donors (Lipinski definition) is 1. The fourth-order valence-electron chi connectivity index (χ4n) is 3.26. The van der Waals surface area contributed by atoms with Gasteiger partial charge in [-0.3, -0.25) is 9.78 Å². The molecule has 1 aliphatic rings. The minimum Gasteiger partial charge on any atom is -0.480 e. The number of ether oxygens (including phenoxy) is 1. The molecule has 28 heavy (non-hydrogen) atoms. The number of pyridine rings is 1. The van der Waals surface area contributed by atoms with Crippen LogP contribution in [0.15, 0.2) is 48.8 Å². The first-order valence-corrected chi connectivity index (χ1v) is 9.28. The number of likely N-dealkylation sites (tertiary alicyclic amines) is 1. The largest absolute Gasteiger partial charge is 0.480 e. The molecule has 1 aromatic carbocycles. The highest BCUT2D eigenvalue weighted by atomic mass is 16.5. The Hall–Kier alpha value is -3.15. The molecule has 146 valence electrons. The molecule has 1 fully saturated rings. The van der Waals surface area contributed by atoms with E-state index in [-0.39, 0.29) is 5.91 Å². The second-order valence-electron chi connectivity index (χ2n) is 7.29. The zero-order valence-electron chi connectivity index (χ0n) is 16.0. The van der Waals surface area contributed by atoms with Crippen molar-refractivity contribution in [2.75, 3.05) is 6.54 Å². The molecule has 6 nitrogen and oxygen atoms in total. The third-order valence-corrected chi connectivity index (χ3v) is 4.74. The Balaban J connectivity index is 1.66. The van der Waals surface area contributed by atoms with Crippen molar-refractivity contribution >= 4 is 24.0 Å². The van der Waals surface area contributed by atoms with Crippen LogP contribution >= 0.6 is 0 Å². The highest BCUT2D eigenvalue weighted by Gasteiger charge is 2.42. The van der Waals surface area contributed by atoms with Crippen LogP contribution in [0.1, 0.15) is 37.8 Å². The molecular formula is C22H24N2O4. The fraction of sp³-hybridized carbons (Fsp3) is 0.318. The number of hydrogen-bond acceptors (Lipinski definition) is 4. The third-order valence-electron chi connectivity index (χ3n) is 4.74. The van der Waals surface area contributed by atoms with Gasteiger partial charge in [0.05, 0.1) is 0 Å². The first-order chi connectivity index (χ1) is 13.4. The lowest BCUT2D eigenvalue weighted by atomic mass is 10.1. The van der Waals surface area contributed by atoms with Crippen molar-refractivity contribution in [2.45, 2.75) is 38.3 Å². The first kappa shape index (κ1) is 19.6. The first-order valence-electron chi connectivity index (χ1n) is 9.28. The van der Waals surface area contributed by atoms with Gasteiger partial charge in [-0.25, -0.2) is 4.79 Å². The van der Waals surface area contributed by atoms with Gasteiger partial charge in [-0.05, 0) is 62.1 Å². The molecule has 1 saturated heterocycles. The number of aliphatic carboxylic acids is 1. The number of rotatable bonds is 6. The van der Waals surface area contributed by atoms with E-state index >= 15 is 0 Å². The summed E-state index contributed by atoms with van der Waals surface area (Å²) in [5.74, 6) is -0.712. The molecule has 1 unspecified atom stereocenters. The van der Waals surface area contributed by atoms with E-state index in [1.165, 1.54) is 4.90 Å². The van der Waals surface area contributed by atoms with Gasteiger partial charge in [0.1, 0.15) is 11.8 Å². The topological polar surface area (TPSA) is 79.7 Å². The van der Waals surface area contributed by atoms with E-state index in [9.17, 15) is 14.7 Å². The second kappa shape index (κ2) is 8.25. The van der Waals surface area contributed by atoms with Gasteiger partial charge >= 0.3 is 5.97 Å². The van der Waals surface area contributed by atoms with Gasteiger partial charge in [-0.15, -0.1) is 0 Å². The molecule has 1 aliphatic heterocycles. The van der Waals surface area contributed by atoms with Crippen molar-refractivity contribution in [2.24, 2.45) is 0 Å². The summed E-state index contributed by atoms with van der Waals surface area (Å²) < 4.78 is 5.91. The summed E-state index contributed by atoms with van der Waals surface area (Å²) in [5, 5.41) is 9.31. The van der Waals surface area contributed by atoms with Crippen LogP contribution in [0, 0.1) is 0 Å². The van der Waals surface area contributed by atoms with Crippen molar-refractivity contribution < 1.29 is 19.4 Å². The molecule has 1 atom stereocenters. The average molecular weight is 380 g/mol. The van der Waals surface area contributed by atoms with Gasteiger partial charge in [-0.2, -0.15) is 0 Å². The predicted molar refractivity (Wildman–Crippen MR) is 107 cm³/mol. The van der Waals surface area contributed by atoms with Crippen molar-refractivity contribution in [1.29, 1.82) is 0 Å². The summed E-state index contributed by atoms with van der Waals surface area (Å²) in [5.41, 5.74) is 0.909. The van der Waals surface area contributed by atoms with Gasteiger partial charge in [0.25, 0.3) is 5.91 Å². The van der Waals surface area contributed by atoms with E-state index in [1.54, 1.807) is 38.4 Å². The molecule has 1 amide bonds. The molecule has 0 saturated carbocycles. The van der Waals surface area contributed by atoms with Crippen LogP contribution in [-0.4, -0.2) is 45.1 Å². The number of benzene rings is 1. The summed E-state index contributed by atoms with van der Waals surface area (Å²) >= 11 is 0. The molecule has 6 heteroatoms. The Morgan fingerprint density at radius 3 is 2.32 bits per heavy atom. The zero-order valence-corrected chi connectivity index (χ0v) is 16.0. The molecule has 1 aromatic heterocycles. The molecule has 3 rings (SSSR count). The van der Waals surface area contributed by atoms with E-state index in [2.05, 4.69) is 4.98 Å². The third kappa shape index (κ3) is 4.57. The summed E-state index contributed by atoms with van der Waals surface area (Å²) in [6.45, 7) is 3.79. The van der Waals surface area contributed by atoms with Gasteiger partial charge in [-0.1, -0.05) is 24.3 Å². The molecule has 0 spiro atoms. The molecule has 2 aromatic rings. The van der Waals surface area contributed by atoms with Gasteiger partial charge in [0.2, 0.25) is 0 Å². The number of carboxylic acids is 1. The number of aromatic nitrogens is 1. The molecular weight excluding hydrogens is 356 g/mol. The minimum atomic E-state index is -1.15. The van der Waals surface area contributed by atoms with Gasteiger partial charge in [0, 0.05) is 18.9 Å². The number of carbonyl (C=O) groups is 2. The van der Waals surface area contributed by atoms with Crippen LogP contribution in [0.4, 0.5) is 0 Å². The van der Waals surface area contributed by atoms with Gasteiger partial charge < -0.3 is 14.7 Å².